The van der Waals surface area contributed by atoms with E-state index in [-0.39, 0.29) is 17.9 Å². The Balaban J connectivity index is 1.18. The number of carboxylic acid groups (broad SMARTS) is 1. The van der Waals surface area contributed by atoms with Gasteiger partial charge in [-0.05, 0) is 74.4 Å². The highest BCUT2D eigenvalue weighted by Gasteiger charge is 2.33. The summed E-state index contributed by atoms with van der Waals surface area (Å²) in [6, 6.07) is 17.0. The average molecular weight is 554 g/mol. The molecule has 0 bridgehead atoms. The van der Waals surface area contributed by atoms with Crippen LogP contribution >= 0.6 is 0 Å². The molecular weight excluding hydrogens is 521 g/mol. The normalized spacial score (nSPS) is 19.4. The Bertz CT molecular complexity index is 1670. The first kappa shape index (κ1) is 25.7. The van der Waals surface area contributed by atoms with Crippen molar-refractivity contribution in [2.24, 2.45) is 5.92 Å². The molecule has 41 heavy (non-hydrogen) atoms. The first-order chi connectivity index (χ1) is 19.9. The van der Waals surface area contributed by atoms with Crippen molar-refractivity contribution in [3.63, 3.8) is 0 Å². The minimum Gasteiger partial charge on any atom is -0.481 e. The van der Waals surface area contributed by atoms with Gasteiger partial charge in [-0.25, -0.2) is 13.9 Å². The molecule has 2 fully saturated rings. The fourth-order valence-corrected chi connectivity index (χ4v) is 6.40. The first-order valence-corrected chi connectivity index (χ1v) is 14.4. The molecule has 1 aliphatic carbocycles. The highest BCUT2D eigenvalue weighted by Crippen LogP contribution is 2.41. The second-order valence-electron chi connectivity index (χ2n) is 11.5. The van der Waals surface area contributed by atoms with Crippen LogP contribution in [0.4, 0.5) is 10.1 Å². The van der Waals surface area contributed by atoms with Crippen LogP contribution in [-0.4, -0.2) is 56.1 Å². The van der Waals surface area contributed by atoms with E-state index in [4.69, 9.17) is 10.1 Å². The van der Waals surface area contributed by atoms with E-state index in [0.717, 1.165) is 30.6 Å². The summed E-state index contributed by atoms with van der Waals surface area (Å²) in [6.07, 6.45) is 3.96. The highest BCUT2D eigenvalue weighted by molar-refractivity contribution is 5.93. The molecule has 0 radical (unpaired) electrons. The lowest BCUT2D eigenvalue weighted by Crippen LogP contribution is -2.39. The zero-order chi connectivity index (χ0) is 28.2. The molecule has 2 aromatic heterocycles. The molecule has 4 heterocycles. The number of anilines is 1. The molecule has 210 valence electrons. The zero-order valence-electron chi connectivity index (χ0n) is 23.0. The lowest BCUT2D eigenvalue weighted by molar-refractivity contribution is -0.142. The van der Waals surface area contributed by atoms with E-state index < -0.39 is 11.8 Å². The van der Waals surface area contributed by atoms with E-state index in [1.807, 2.05) is 34.1 Å². The SMILES string of the molecule is C[C@@H]1c2ccccc2CCN1C(=O)c1cc(C2CC2)n2nc(-c3ccc(N4CCC(C(=O)O)CC4)cc3F)cc2n1. The third-order valence-corrected chi connectivity index (χ3v) is 8.96. The van der Waals surface area contributed by atoms with E-state index in [1.54, 1.807) is 16.6 Å². The van der Waals surface area contributed by atoms with Gasteiger partial charge in [0.2, 0.25) is 0 Å². The molecule has 9 heteroatoms. The number of carbonyl (C=O) groups is 2. The number of hydrogen-bond acceptors (Lipinski definition) is 5. The maximum absolute atomic E-state index is 15.5. The van der Waals surface area contributed by atoms with Crippen molar-refractivity contribution < 1.29 is 19.1 Å². The van der Waals surface area contributed by atoms with Gasteiger partial charge >= 0.3 is 5.97 Å². The maximum atomic E-state index is 15.5. The van der Waals surface area contributed by atoms with Crippen LogP contribution in [0.25, 0.3) is 16.9 Å². The molecule has 0 spiro atoms. The van der Waals surface area contributed by atoms with Crippen LogP contribution in [0.1, 0.15) is 71.9 Å². The zero-order valence-corrected chi connectivity index (χ0v) is 23.0. The van der Waals surface area contributed by atoms with E-state index in [1.165, 1.54) is 17.2 Å². The van der Waals surface area contributed by atoms with Crippen LogP contribution in [0.3, 0.4) is 0 Å². The van der Waals surface area contributed by atoms with Gasteiger partial charge in [0.1, 0.15) is 11.5 Å². The average Bonchev–Trinajstić information content (AvgIpc) is 3.75. The molecule has 8 nitrogen and oxygen atoms in total. The van der Waals surface area contributed by atoms with Gasteiger partial charge in [0.05, 0.1) is 17.7 Å². The second-order valence-corrected chi connectivity index (χ2v) is 11.5. The van der Waals surface area contributed by atoms with Crippen LogP contribution < -0.4 is 4.90 Å². The number of benzene rings is 2. The number of nitrogens with zero attached hydrogens (tertiary/aromatic N) is 5. The fraction of sp³-hybridized carbons (Fsp3) is 0.375. The molecular formula is C32H32FN5O3. The lowest BCUT2D eigenvalue weighted by atomic mass is 9.93. The monoisotopic (exact) mass is 553 g/mol. The summed E-state index contributed by atoms with van der Waals surface area (Å²) < 4.78 is 17.2. The molecule has 0 unspecified atom stereocenters. The summed E-state index contributed by atoms with van der Waals surface area (Å²) in [7, 11) is 0. The van der Waals surface area contributed by atoms with Gasteiger partial charge in [0.15, 0.2) is 5.65 Å². The van der Waals surface area contributed by atoms with Crippen molar-refractivity contribution in [1.29, 1.82) is 0 Å². The Morgan fingerprint density at radius 2 is 1.76 bits per heavy atom. The van der Waals surface area contributed by atoms with Crippen LogP contribution in [0, 0.1) is 11.7 Å². The van der Waals surface area contributed by atoms with Crippen LogP contribution in [-0.2, 0) is 11.2 Å². The number of hydrogen-bond donors (Lipinski definition) is 1. The van der Waals surface area contributed by atoms with Crippen molar-refractivity contribution >= 4 is 23.2 Å². The molecule has 1 N–H and O–H groups in total. The highest BCUT2D eigenvalue weighted by atomic mass is 19.1. The summed E-state index contributed by atoms with van der Waals surface area (Å²) >= 11 is 0. The van der Waals surface area contributed by atoms with Gasteiger partial charge in [-0.1, -0.05) is 24.3 Å². The third kappa shape index (κ3) is 4.63. The topological polar surface area (TPSA) is 91.0 Å². The summed E-state index contributed by atoms with van der Waals surface area (Å²) in [6.45, 7) is 3.86. The van der Waals surface area contributed by atoms with Crippen LogP contribution in [0.5, 0.6) is 0 Å². The van der Waals surface area contributed by atoms with Crippen molar-refractivity contribution in [2.75, 3.05) is 24.5 Å². The number of carboxylic acids is 1. The number of aliphatic carboxylic acids is 1. The molecule has 1 amide bonds. The van der Waals surface area contributed by atoms with Gasteiger partial charge in [0, 0.05) is 48.6 Å². The molecule has 1 saturated carbocycles. The molecule has 3 aliphatic rings. The standard InChI is InChI=1S/C32H32FN5O3/c1-19-24-5-3-2-4-20(24)12-15-37(19)31(39)28-17-29(21-6-7-21)38-30(34-28)18-27(35-38)25-9-8-23(16-26(25)33)36-13-10-22(11-14-36)32(40)41/h2-5,8-9,16-19,21-22H,6-7,10-15H2,1H3,(H,40,41)/t19-/m1/s1. The fourth-order valence-electron chi connectivity index (χ4n) is 6.40. The Kier molecular flexibility index (Phi) is 6.25. The van der Waals surface area contributed by atoms with Gasteiger partial charge in [-0.2, -0.15) is 5.10 Å². The predicted octanol–water partition coefficient (Wildman–Crippen LogP) is 5.47. The first-order valence-electron chi connectivity index (χ1n) is 14.4. The summed E-state index contributed by atoms with van der Waals surface area (Å²) in [5.74, 6) is -1.29. The maximum Gasteiger partial charge on any atom is 0.306 e. The predicted molar refractivity (Wildman–Crippen MR) is 153 cm³/mol. The van der Waals surface area contributed by atoms with Gasteiger partial charge in [-0.3, -0.25) is 9.59 Å². The van der Waals surface area contributed by atoms with Gasteiger partial charge in [-0.15, -0.1) is 0 Å². The second kappa shape index (κ2) is 9.98. The lowest BCUT2D eigenvalue weighted by Gasteiger charge is -2.35. The Hall–Kier alpha value is -4.27. The number of amides is 1. The van der Waals surface area contributed by atoms with Crippen molar-refractivity contribution in [2.45, 2.75) is 51.0 Å². The molecule has 2 aliphatic heterocycles. The van der Waals surface area contributed by atoms with Crippen molar-refractivity contribution in [3.8, 4) is 11.3 Å². The number of aromatic nitrogens is 3. The Morgan fingerprint density at radius 1 is 0.976 bits per heavy atom. The van der Waals surface area contributed by atoms with Crippen LogP contribution in [0.2, 0.25) is 0 Å². The van der Waals surface area contributed by atoms with Gasteiger partial charge < -0.3 is 14.9 Å². The Labute approximate surface area is 237 Å². The summed E-state index contributed by atoms with van der Waals surface area (Å²) in [4.78, 5) is 33.7. The number of halogens is 1. The van der Waals surface area contributed by atoms with E-state index >= 15 is 4.39 Å². The number of rotatable bonds is 5. The molecule has 1 saturated heterocycles. The minimum absolute atomic E-state index is 0.0437. The van der Waals surface area contributed by atoms with Crippen molar-refractivity contribution in [1.82, 2.24) is 19.5 Å². The van der Waals surface area contributed by atoms with E-state index in [0.29, 0.717) is 61.0 Å². The third-order valence-electron chi connectivity index (χ3n) is 8.96. The summed E-state index contributed by atoms with van der Waals surface area (Å²) in [5, 5.41) is 14.0. The quantitative estimate of drug-likeness (QED) is 0.352. The van der Waals surface area contributed by atoms with Gasteiger partial charge in [0.25, 0.3) is 5.91 Å². The number of fused-ring (bicyclic) bond motifs is 2. The van der Waals surface area contributed by atoms with Crippen molar-refractivity contribution in [3.05, 3.63) is 82.9 Å². The molecule has 1 atom stereocenters. The minimum atomic E-state index is -0.766. The van der Waals surface area contributed by atoms with E-state index in [2.05, 4.69) is 19.1 Å². The molecule has 2 aromatic carbocycles. The largest absolute Gasteiger partial charge is 0.481 e. The number of carbonyl (C=O) groups excluding carboxylic acids is 1. The molecule has 7 rings (SSSR count). The van der Waals surface area contributed by atoms with E-state index in [9.17, 15) is 14.7 Å². The Morgan fingerprint density at radius 3 is 2.49 bits per heavy atom. The summed E-state index contributed by atoms with van der Waals surface area (Å²) in [5.41, 5.74) is 5.91. The number of piperidine rings is 1. The molecule has 4 aromatic rings. The smallest absolute Gasteiger partial charge is 0.306 e. The van der Waals surface area contributed by atoms with Crippen LogP contribution in [0.15, 0.2) is 54.6 Å².